The molecule has 2 atom stereocenters. The molecular formula is C25H22Cl2O7S. The molecule has 0 heterocycles. The SMILES string of the molecule is COc1c(OS(=O)(=O)c2ccc(C)cc2)cc2c(c1OC)C1=C(CC3C(=O)C(Cl)(Cl)C13)C(=O)CC2. The van der Waals surface area contributed by atoms with Crippen molar-refractivity contribution in [2.75, 3.05) is 14.2 Å². The zero-order valence-corrected chi connectivity index (χ0v) is 21.5. The summed E-state index contributed by atoms with van der Waals surface area (Å²) in [5, 5.41) is 0. The summed E-state index contributed by atoms with van der Waals surface area (Å²) in [5.41, 5.74) is 3.16. The number of allylic oxidation sites excluding steroid dienone is 2. The molecule has 7 nitrogen and oxygen atoms in total. The maximum Gasteiger partial charge on any atom is 0.339 e. The summed E-state index contributed by atoms with van der Waals surface area (Å²) in [6, 6.07) is 7.81. The van der Waals surface area contributed by atoms with Crippen molar-refractivity contribution < 1.29 is 31.7 Å². The van der Waals surface area contributed by atoms with E-state index < -0.39 is 26.3 Å². The molecule has 1 fully saturated rings. The number of halogens is 2. The summed E-state index contributed by atoms with van der Waals surface area (Å²) in [6.45, 7) is 1.85. The Kier molecular flexibility index (Phi) is 5.69. The molecule has 0 amide bonds. The van der Waals surface area contributed by atoms with Gasteiger partial charge in [-0.15, -0.1) is 0 Å². The highest BCUT2D eigenvalue weighted by Gasteiger charge is 2.66. The molecule has 0 aliphatic heterocycles. The number of hydrogen-bond acceptors (Lipinski definition) is 7. The Morgan fingerprint density at radius 1 is 1.00 bits per heavy atom. The molecule has 0 bridgehead atoms. The van der Waals surface area contributed by atoms with Gasteiger partial charge in [0.15, 0.2) is 27.4 Å². The van der Waals surface area contributed by atoms with Crippen LogP contribution in [0.15, 0.2) is 40.8 Å². The summed E-state index contributed by atoms with van der Waals surface area (Å²) < 4.78 is 41.2. The van der Waals surface area contributed by atoms with Gasteiger partial charge in [0.25, 0.3) is 0 Å². The van der Waals surface area contributed by atoms with E-state index in [4.69, 9.17) is 36.9 Å². The van der Waals surface area contributed by atoms with Crippen LogP contribution in [0.25, 0.3) is 5.57 Å². The molecule has 2 unspecified atom stereocenters. The molecule has 35 heavy (non-hydrogen) atoms. The molecule has 2 aromatic carbocycles. The fraction of sp³-hybridized carbons (Fsp3) is 0.360. The summed E-state index contributed by atoms with van der Waals surface area (Å²) in [6.07, 6.45) is 0.756. The van der Waals surface area contributed by atoms with Crippen molar-refractivity contribution in [1.82, 2.24) is 0 Å². The lowest BCUT2D eigenvalue weighted by Crippen LogP contribution is -2.54. The molecule has 0 radical (unpaired) electrons. The molecule has 3 aliphatic carbocycles. The fourth-order valence-electron chi connectivity index (χ4n) is 5.27. The van der Waals surface area contributed by atoms with Gasteiger partial charge in [-0.05, 0) is 49.1 Å². The number of aryl methyl sites for hydroxylation is 2. The summed E-state index contributed by atoms with van der Waals surface area (Å²) in [5.74, 6) is -1.27. The number of methoxy groups -OCH3 is 2. The Morgan fingerprint density at radius 2 is 1.66 bits per heavy atom. The number of carbonyl (C=O) groups is 2. The van der Waals surface area contributed by atoms with Crippen molar-refractivity contribution in [2.24, 2.45) is 11.8 Å². The number of benzene rings is 2. The van der Waals surface area contributed by atoms with Gasteiger partial charge in [0.1, 0.15) is 4.90 Å². The van der Waals surface area contributed by atoms with Crippen LogP contribution < -0.4 is 13.7 Å². The second-order valence-electron chi connectivity index (χ2n) is 8.92. The van der Waals surface area contributed by atoms with E-state index in [1.54, 1.807) is 18.2 Å². The van der Waals surface area contributed by atoms with E-state index in [9.17, 15) is 18.0 Å². The summed E-state index contributed by atoms with van der Waals surface area (Å²) >= 11 is 12.8. The number of hydrogen-bond donors (Lipinski definition) is 0. The molecule has 0 saturated heterocycles. The number of rotatable bonds is 5. The Balaban J connectivity index is 1.68. The van der Waals surface area contributed by atoms with E-state index in [-0.39, 0.29) is 46.6 Å². The molecule has 3 aliphatic rings. The zero-order valence-electron chi connectivity index (χ0n) is 19.2. The van der Waals surface area contributed by atoms with E-state index in [2.05, 4.69) is 0 Å². The van der Waals surface area contributed by atoms with Crippen LogP contribution in [0.5, 0.6) is 17.2 Å². The van der Waals surface area contributed by atoms with Gasteiger partial charge in [-0.3, -0.25) is 9.59 Å². The lowest BCUT2D eigenvalue weighted by atomic mass is 9.69. The Hall–Kier alpha value is -2.55. The summed E-state index contributed by atoms with van der Waals surface area (Å²) in [7, 11) is -1.41. The van der Waals surface area contributed by atoms with Crippen molar-refractivity contribution in [3.63, 3.8) is 0 Å². The van der Waals surface area contributed by atoms with E-state index >= 15 is 0 Å². The van der Waals surface area contributed by atoms with Gasteiger partial charge in [-0.25, -0.2) is 0 Å². The quantitative estimate of drug-likeness (QED) is 0.411. The van der Waals surface area contributed by atoms with Crippen molar-refractivity contribution in [3.05, 3.63) is 52.6 Å². The molecule has 2 aromatic rings. The normalized spacial score (nSPS) is 22.5. The van der Waals surface area contributed by atoms with Crippen molar-refractivity contribution in [3.8, 4) is 17.2 Å². The third-order valence-corrected chi connectivity index (χ3v) is 9.04. The van der Waals surface area contributed by atoms with E-state index in [1.165, 1.54) is 26.4 Å². The monoisotopic (exact) mass is 536 g/mol. The number of ether oxygens (including phenoxy) is 2. The highest BCUT2D eigenvalue weighted by Crippen LogP contribution is 2.64. The minimum atomic E-state index is -4.19. The molecule has 184 valence electrons. The van der Waals surface area contributed by atoms with Crippen molar-refractivity contribution in [1.29, 1.82) is 0 Å². The van der Waals surface area contributed by atoms with Crippen LogP contribution in [-0.4, -0.2) is 38.5 Å². The minimum absolute atomic E-state index is 0.0140. The van der Waals surface area contributed by atoms with Crippen molar-refractivity contribution in [2.45, 2.75) is 35.4 Å². The van der Waals surface area contributed by atoms with Gasteiger partial charge in [0, 0.05) is 29.4 Å². The smallest absolute Gasteiger partial charge is 0.339 e. The first kappa shape index (κ1) is 24.2. The second-order valence-corrected chi connectivity index (χ2v) is 11.8. The predicted molar refractivity (Wildman–Crippen MR) is 130 cm³/mol. The average Bonchev–Trinajstić information content (AvgIpc) is 3.14. The first-order chi connectivity index (χ1) is 16.5. The lowest BCUT2D eigenvalue weighted by Gasteiger charge is -2.43. The van der Waals surface area contributed by atoms with E-state index in [1.807, 2.05) is 6.92 Å². The maximum atomic E-state index is 13.0. The van der Waals surface area contributed by atoms with Crippen LogP contribution in [0.1, 0.15) is 29.5 Å². The third kappa shape index (κ3) is 3.57. The molecule has 0 spiro atoms. The molecular weight excluding hydrogens is 515 g/mol. The number of Topliss-reactive ketones (excluding diaryl/α,β-unsaturated/α-hetero) is 2. The topological polar surface area (TPSA) is 96.0 Å². The average molecular weight is 537 g/mol. The summed E-state index contributed by atoms with van der Waals surface area (Å²) in [4.78, 5) is 25.5. The molecule has 0 N–H and O–H groups in total. The lowest BCUT2D eigenvalue weighted by molar-refractivity contribution is -0.132. The molecule has 10 heteroatoms. The first-order valence-electron chi connectivity index (χ1n) is 11.0. The molecule has 0 aromatic heterocycles. The van der Waals surface area contributed by atoms with Gasteiger partial charge in [0.05, 0.1) is 14.2 Å². The number of ketones is 2. The fourth-order valence-corrected chi connectivity index (χ4v) is 7.00. The largest absolute Gasteiger partial charge is 0.492 e. The van der Waals surface area contributed by atoms with Gasteiger partial charge in [-0.2, -0.15) is 8.42 Å². The standard InChI is InChI=1S/C25H22Cl2O7S/c1-12-4-7-14(8-5-12)35(30,31)34-18-10-13-6-9-17(28)15-11-16-21(25(26,27)24(16)29)20(15)19(13)23(33-3)22(18)32-2/h4-5,7-8,10,16,21H,6,9,11H2,1-3H3. The Morgan fingerprint density at radius 3 is 2.29 bits per heavy atom. The number of carbonyl (C=O) groups excluding carboxylic acids is 2. The Labute approximate surface area is 213 Å². The number of fused-ring (bicyclic) bond motifs is 4. The van der Waals surface area contributed by atoms with Gasteiger partial charge >= 0.3 is 10.1 Å². The second kappa shape index (κ2) is 8.25. The van der Waals surface area contributed by atoms with Crippen LogP contribution in [0.3, 0.4) is 0 Å². The zero-order chi connectivity index (χ0) is 25.3. The highest BCUT2D eigenvalue weighted by atomic mass is 35.5. The molecule has 1 saturated carbocycles. The Bertz CT molecular complexity index is 1410. The van der Waals surface area contributed by atoms with Gasteiger partial charge in [-0.1, -0.05) is 40.9 Å². The molecule has 5 rings (SSSR count). The number of alkyl halides is 2. The van der Waals surface area contributed by atoms with Gasteiger partial charge in [0.2, 0.25) is 5.75 Å². The highest BCUT2D eigenvalue weighted by molar-refractivity contribution is 7.87. The predicted octanol–water partition coefficient (Wildman–Crippen LogP) is 4.44. The van der Waals surface area contributed by atoms with E-state index in [0.717, 1.165) is 5.56 Å². The van der Waals surface area contributed by atoms with Crippen molar-refractivity contribution >= 4 is 50.5 Å². The van der Waals surface area contributed by atoms with Crippen LogP contribution >= 0.6 is 23.2 Å². The first-order valence-corrected chi connectivity index (χ1v) is 13.2. The van der Waals surface area contributed by atoms with Crippen LogP contribution in [0.4, 0.5) is 0 Å². The van der Waals surface area contributed by atoms with Crippen LogP contribution in [0.2, 0.25) is 0 Å². The maximum absolute atomic E-state index is 13.0. The van der Waals surface area contributed by atoms with Crippen LogP contribution in [-0.2, 0) is 26.1 Å². The van der Waals surface area contributed by atoms with E-state index in [0.29, 0.717) is 28.7 Å². The van der Waals surface area contributed by atoms with Crippen LogP contribution in [0, 0.1) is 18.8 Å². The van der Waals surface area contributed by atoms with Gasteiger partial charge < -0.3 is 13.7 Å². The third-order valence-electron chi connectivity index (χ3n) is 6.95. The minimum Gasteiger partial charge on any atom is -0.492 e.